The summed E-state index contributed by atoms with van der Waals surface area (Å²) in [5.41, 5.74) is 0.229. The Morgan fingerprint density at radius 1 is 1.10 bits per heavy atom. The van der Waals surface area contributed by atoms with Crippen molar-refractivity contribution in [2.24, 2.45) is 0 Å². The van der Waals surface area contributed by atoms with Crippen LogP contribution in [0.15, 0.2) is 47.4 Å². The second-order valence-corrected chi connectivity index (χ2v) is 9.63. The van der Waals surface area contributed by atoms with E-state index in [2.05, 4.69) is 5.32 Å². The molecule has 30 heavy (non-hydrogen) atoms. The van der Waals surface area contributed by atoms with E-state index in [1.54, 1.807) is 6.07 Å². The lowest BCUT2D eigenvalue weighted by Crippen LogP contribution is -2.40. The Morgan fingerprint density at radius 2 is 1.83 bits per heavy atom. The normalized spacial score (nSPS) is 19.3. The number of piperidine rings is 1. The van der Waals surface area contributed by atoms with Gasteiger partial charge in [0.2, 0.25) is 10.0 Å². The molecule has 4 rings (SSSR count). The van der Waals surface area contributed by atoms with Crippen LogP contribution in [0.4, 0.5) is 0 Å². The number of benzene rings is 2. The fourth-order valence-electron chi connectivity index (χ4n) is 3.56. The van der Waals surface area contributed by atoms with E-state index in [4.69, 9.17) is 21.1 Å². The molecule has 0 aliphatic carbocycles. The lowest BCUT2D eigenvalue weighted by Gasteiger charge is -2.27. The van der Waals surface area contributed by atoms with Crippen molar-refractivity contribution in [2.75, 3.05) is 26.2 Å². The lowest BCUT2D eigenvalue weighted by molar-refractivity contribution is 0.0789. The molecular formula is C21H23ClN2O5S. The first-order valence-electron chi connectivity index (χ1n) is 9.91. The molecule has 160 valence electrons. The Hall–Kier alpha value is -2.29. The zero-order chi connectivity index (χ0) is 21.1. The summed E-state index contributed by atoms with van der Waals surface area (Å²) in [7, 11) is -3.74. The molecule has 0 bridgehead atoms. The number of ether oxygens (including phenoxy) is 2. The van der Waals surface area contributed by atoms with E-state index in [0.717, 1.165) is 19.3 Å². The van der Waals surface area contributed by atoms with E-state index in [0.29, 0.717) is 31.2 Å². The summed E-state index contributed by atoms with van der Waals surface area (Å²) >= 11 is 6.18. The predicted octanol–water partition coefficient (Wildman–Crippen LogP) is 3.08. The number of amides is 1. The standard InChI is InChI=1S/C21H23ClN2O5S/c22-17-9-8-15(12-20(17)30(26,27)24-10-4-1-5-11-24)21(25)23-13-16-14-28-18-6-2-3-7-19(18)29-16/h2-3,6-9,12,16H,1,4-5,10-11,13-14H2,(H,23,25)/t16-/m0/s1. The van der Waals surface area contributed by atoms with Crippen molar-refractivity contribution in [1.29, 1.82) is 0 Å². The maximum absolute atomic E-state index is 13.0. The van der Waals surface area contributed by atoms with E-state index < -0.39 is 15.9 Å². The summed E-state index contributed by atoms with van der Waals surface area (Å²) in [5, 5.41) is 2.89. The molecule has 1 N–H and O–H groups in total. The molecule has 1 amide bonds. The number of carbonyl (C=O) groups excluding carboxylic acids is 1. The van der Waals surface area contributed by atoms with Crippen LogP contribution in [0.5, 0.6) is 11.5 Å². The van der Waals surface area contributed by atoms with Crippen LogP contribution < -0.4 is 14.8 Å². The smallest absolute Gasteiger partial charge is 0.251 e. The topological polar surface area (TPSA) is 84.9 Å². The maximum atomic E-state index is 13.0. The molecule has 2 aromatic rings. The molecule has 1 fully saturated rings. The number of rotatable bonds is 5. The molecule has 2 aliphatic heterocycles. The van der Waals surface area contributed by atoms with Gasteiger partial charge in [-0.3, -0.25) is 4.79 Å². The molecule has 2 aromatic carbocycles. The summed E-state index contributed by atoms with van der Waals surface area (Å²) in [4.78, 5) is 12.6. The van der Waals surface area contributed by atoms with Gasteiger partial charge in [-0.05, 0) is 43.2 Å². The van der Waals surface area contributed by atoms with Crippen molar-refractivity contribution in [3.8, 4) is 11.5 Å². The molecule has 2 heterocycles. The first-order chi connectivity index (χ1) is 14.4. The van der Waals surface area contributed by atoms with Crippen molar-refractivity contribution >= 4 is 27.5 Å². The van der Waals surface area contributed by atoms with Crippen molar-refractivity contribution in [3.05, 3.63) is 53.1 Å². The highest BCUT2D eigenvalue weighted by atomic mass is 35.5. The Balaban J connectivity index is 1.44. The minimum atomic E-state index is -3.74. The van der Waals surface area contributed by atoms with Gasteiger partial charge < -0.3 is 14.8 Å². The molecule has 0 aromatic heterocycles. The Labute approximate surface area is 181 Å². The zero-order valence-electron chi connectivity index (χ0n) is 16.3. The van der Waals surface area contributed by atoms with Gasteiger partial charge in [0.05, 0.1) is 11.6 Å². The van der Waals surface area contributed by atoms with Crippen LogP contribution in [0.3, 0.4) is 0 Å². The SMILES string of the molecule is O=C(NC[C@H]1COc2ccccc2O1)c1ccc(Cl)c(S(=O)(=O)N2CCCCC2)c1. The molecule has 9 heteroatoms. The van der Waals surface area contributed by atoms with Crippen molar-refractivity contribution in [3.63, 3.8) is 0 Å². The van der Waals surface area contributed by atoms with Gasteiger partial charge in [-0.2, -0.15) is 4.31 Å². The first kappa shape index (κ1) is 21.0. The van der Waals surface area contributed by atoms with Gasteiger partial charge in [-0.25, -0.2) is 8.42 Å². The van der Waals surface area contributed by atoms with Crippen LogP contribution in [0.25, 0.3) is 0 Å². The number of hydrogen-bond donors (Lipinski definition) is 1. The summed E-state index contributed by atoms with van der Waals surface area (Å²) in [6.07, 6.45) is 2.32. The summed E-state index contributed by atoms with van der Waals surface area (Å²) < 4.78 is 38.9. The Kier molecular flexibility index (Phi) is 6.17. The summed E-state index contributed by atoms with van der Waals surface area (Å²) in [6.45, 7) is 1.47. The summed E-state index contributed by atoms with van der Waals surface area (Å²) in [6, 6.07) is 11.6. The third-order valence-electron chi connectivity index (χ3n) is 5.18. The second kappa shape index (κ2) is 8.83. The zero-order valence-corrected chi connectivity index (χ0v) is 17.9. The average Bonchev–Trinajstić information content (AvgIpc) is 2.78. The van der Waals surface area contributed by atoms with E-state index in [1.807, 2.05) is 18.2 Å². The van der Waals surface area contributed by atoms with Gasteiger partial charge in [0.25, 0.3) is 5.91 Å². The van der Waals surface area contributed by atoms with Crippen LogP contribution >= 0.6 is 11.6 Å². The van der Waals surface area contributed by atoms with Gasteiger partial charge in [0.1, 0.15) is 17.6 Å². The minimum Gasteiger partial charge on any atom is -0.486 e. The third kappa shape index (κ3) is 4.40. The number of nitrogens with one attached hydrogen (secondary N) is 1. The van der Waals surface area contributed by atoms with Crippen LogP contribution in [0, 0.1) is 0 Å². The molecule has 0 radical (unpaired) electrons. The second-order valence-electron chi connectivity index (χ2n) is 7.32. The van der Waals surface area contributed by atoms with Crippen molar-refractivity contribution in [2.45, 2.75) is 30.3 Å². The van der Waals surface area contributed by atoms with Crippen LogP contribution in [0.1, 0.15) is 29.6 Å². The molecule has 1 saturated heterocycles. The first-order valence-corrected chi connectivity index (χ1v) is 11.7. The van der Waals surface area contributed by atoms with Gasteiger partial charge in [-0.1, -0.05) is 30.2 Å². The van der Waals surface area contributed by atoms with E-state index in [1.165, 1.54) is 22.5 Å². The van der Waals surface area contributed by atoms with Gasteiger partial charge in [-0.15, -0.1) is 0 Å². The molecule has 0 spiro atoms. The van der Waals surface area contributed by atoms with Crippen LogP contribution in [-0.2, 0) is 10.0 Å². The molecule has 1 atom stereocenters. The number of fused-ring (bicyclic) bond motifs is 1. The monoisotopic (exact) mass is 450 g/mol. The van der Waals surface area contributed by atoms with Crippen LogP contribution in [0.2, 0.25) is 5.02 Å². The lowest BCUT2D eigenvalue weighted by atomic mass is 10.2. The van der Waals surface area contributed by atoms with Gasteiger partial charge in [0.15, 0.2) is 11.5 Å². The number of sulfonamides is 1. The molecule has 0 saturated carbocycles. The Bertz CT molecular complexity index is 1040. The minimum absolute atomic E-state index is 0.0371. The molecule has 0 unspecified atom stereocenters. The number of halogens is 1. The van der Waals surface area contributed by atoms with E-state index >= 15 is 0 Å². The summed E-state index contributed by atoms with van der Waals surface area (Å²) in [5.74, 6) is 0.902. The Morgan fingerprint density at radius 3 is 2.60 bits per heavy atom. The highest BCUT2D eigenvalue weighted by Gasteiger charge is 2.29. The maximum Gasteiger partial charge on any atom is 0.251 e. The largest absolute Gasteiger partial charge is 0.486 e. The van der Waals surface area contributed by atoms with Gasteiger partial charge >= 0.3 is 0 Å². The van der Waals surface area contributed by atoms with Crippen molar-refractivity contribution in [1.82, 2.24) is 9.62 Å². The highest BCUT2D eigenvalue weighted by Crippen LogP contribution is 2.31. The van der Waals surface area contributed by atoms with E-state index in [9.17, 15) is 13.2 Å². The highest BCUT2D eigenvalue weighted by molar-refractivity contribution is 7.89. The third-order valence-corrected chi connectivity index (χ3v) is 7.56. The van der Waals surface area contributed by atoms with Crippen molar-refractivity contribution < 1.29 is 22.7 Å². The fraction of sp³-hybridized carbons (Fsp3) is 0.381. The fourth-order valence-corrected chi connectivity index (χ4v) is 5.58. The number of carbonyl (C=O) groups is 1. The average molecular weight is 451 g/mol. The predicted molar refractivity (Wildman–Crippen MR) is 113 cm³/mol. The number of hydrogen-bond acceptors (Lipinski definition) is 5. The van der Waals surface area contributed by atoms with Crippen LogP contribution in [-0.4, -0.2) is 51.0 Å². The molecule has 7 nitrogen and oxygen atoms in total. The number of para-hydroxylation sites is 2. The number of nitrogens with zero attached hydrogens (tertiary/aromatic N) is 1. The molecular weight excluding hydrogens is 428 g/mol. The van der Waals surface area contributed by atoms with Gasteiger partial charge in [0, 0.05) is 18.7 Å². The quantitative estimate of drug-likeness (QED) is 0.756. The molecule has 2 aliphatic rings. The van der Waals surface area contributed by atoms with E-state index in [-0.39, 0.29) is 28.1 Å².